The smallest absolute Gasteiger partial charge is 0.392 e. The summed E-state index contributed by atoms with van der Waals surface area (Å²) in [6.45, 7) is 2.89. The van der Waals surface area contributed by atoms with E-state index in [1.165, 1.54) is 0 Å². The molecule has 0 saturated carbocycles. The monoisotopic (exact) mass is 883 g/mol. The first-order valence-corrected chi connectivity index (χ1v) is 23.1. The topological polar surface area (TPSA) is 237 Å². The summed E-state index contributed by atoms with van der Waals surface area (Å²) in [5.74, 6) is -1.04. The lowest BCUT2D eigenvalue weighted by Gasteiger charge is -2.43. The molecule has 3 aromatic carbocycles. The molecule has 59 heavy (non-hydrogen) atoms. The van der Waals surface area contributed by atoms with Crippen LogP contribution in [0.15, 0.2) is 77.7 Å². The van der Waals surface area contributed by atoms with Crippen LogP contribution in [0, 0.1) is 5.41 Å². The van der Waals surface area contributed by atoms with Crippen molar-refractivity contribution in [2.45, 2.75) is 93.7 Å². The van der Waals surface area contributed by atoms with Crippen molar-refractivity contribution in [3.63, 3.8) is 0 Å². The van der Waals surface area contributed by atoms with E-state index in [0.717, 1.165) is 19.2 Å². The van der Waals surface area contributed by atoms with E-state index in [-0.39, 0.29) is 22.9 Å². The molecule has 326 valence electrons. The molecule has 0 radical (unpaired) electrons. The van der Waals surface area contributed by atoms with E-state index in [1.54, 1.807) is 72.8 Å². The van der Waals surface area contributed by atoms with Crippen LogP contribution in [0.25, 0.3) is 0 Å². The number of rotatable bonds is 17. The molecule has 0 aliphatic carbocycles. The van der Waals surface area contributed by atoms with Crippen molar-refractivity contribution < 1.29 is 62.6 Å². The highest BCUT2D eigenvalue weighted by molar-refractivity contribution is 7.91. The van der Waals surface area contributed by atoms with Gasteiger partial charge in [0.2, 0.25) is 0 Å². The summed E-state index contributed by atoms with van der Waals surface area (Å²) < 4.78 is 99.5. The fourth-order valence-corrected chi connectivity index (χ4v) is 10.7. The van der Waals surface area contributed by atoms with Gasteiger partial charge in [-0.25, -0.2) is 17.4 Å². The highest BCUT2D eigenvalue weighted by atomic mass is 32.3. The number of unbranched alkanes of at least 4 members (excludes halogenated alkanes) is 1. The summed E-state index contributed by atoms with van der Waals surface area (Å²) in [4.78, 5) is 15.6. The molecule has 2 amide bonds. The maximum absolute atomic E-state index is 14.1. The van der Waals surface area contributed by atoms with Gasteiger partial charge in [-0.1, -0.05) is 69.2 Å². The van der Waals surface area contributed by atoms with E-state index >= 15 is 0 Å². The molecule has 20 heteroatoms. The quantitative estimate of drug-likeness (QED) is 0.121. The van der Waals surface area contributed by atoms with Crippen molar-refractivity contribution in [1.29, 1.82) is 0 Å². The Bertz CT molecular complexity index is 2140. The fraction of sp³-hybridized carbons (Fsp3) is 0.513. The molecule has 1 saturated heterocycles. The third-order valence-electron chi connectivity index (χ3n) is 10.8. The predicted octanol–water partition coefficient (Wildman–Crippen LogP) is 3.84. The van der Waals surface area contributed by atoms with Crippen molar-refractivity contribution in [2.75, 3.05) is 43.8 Å². The molecular weight excluding hydrogens is 831 g/mol. The van der Waals surface area contributed by atoms with Crippen LogP contribution in [0.2, 0.25) is 0 Å². The number of ether oxygens (including phenoxy) is 2. The van der Waals surface area contributed by atoms with E-state index < -0.39 is 92.3 Å². The Balaban J connectivity index is 1.46. The maximum atomic E-state index is 14.1. The molecule has 2 aliphatic heterocycles. The van der Waals surface area contributed by atoms with Crippen molar-refractivity contribution in [3.8, 4) is 0 Å². The number of amides is 2. The summed E-state index contributed by atoms with van der Waals surface area (Å²) in [5.41, 5.74) is 1.64. The lowest BCUT2D eigenvalue weighted by molar-refractivity contribution is -0.239. The van der Waals surface area contributed by atoms with Crippen molar-refractivity contribution in [3.05, 3.63) is 89.5 Å². The molecule has 3 aromatic rings. The van der Waals surface area contributed by atoms with Crippen LogP contribution in [-0.2, 0) is 60.2 Å². The molecule has 17 nitrogen and oxygen atoms in total. The van der Waals surface area contributed by atoms with Gasteiger partial charge in [0.05, 0.1) is 37.1 Å². The average molecular weight is 884 g/mol. The zero-order chi connectivity index (χ0) is 43.1. The van der Waals surface area contributed by atoms with Gasteiger partial charge in [-0.3, -0.25) is 12.9 Å². The van der Waals surface area contributed by atoms with Gasteiger partial charge in [0.1, 0.15) is 24.4 Å². The number of anilines is 2. The Hall–Kier alpha value is -3.54. The van der Waals surface area contributed by atoms with Crippen LogP contribution in [0.3, 0.4) is 0 Å². The standard InChI is InChI=1S/C39H53N3O14S3/c1-6-8-19-39(7-2)24-58(47,48)31-18-17-28(42(3)4)21-29(31)32(36(39)44)26-15-12-16-27(20-26)40-38(45)41-37-33(43)35(53-22-25-13-10-9-11-14-25)34(56-57(46)52-5)30(55-37)23-54-59(49,50)51/h9-18,20-21,30,32-37,43-44H,6-8,19,22-24H2,1-5H3,(H2,40,41,45)(H,49,50,51)/t30-,32+,33-,34-,35-,36+,37-,39-,57?/m1/s1. The van der Waals surface area contributed by atoms with Crippen LogP contribution in [-0.4, -0.2) is 112 Å². The number of carbonyl (C=O) groups is 1. The number of urea groups is 1. The minimum Gasteiger partial charge on any atom is -0.392 e. The first kappa shape index (κ1) is 46.5. The summed E-state index contributed by atoms with van der Waals surface area (Å²) in [6.07, 6.45) is -6.50. The maximum Gasteiger partial charge on any atom is 0.397 e. The number of nitrogens with one attached hydrogen (secondary N) is 2. The molecular formula is C39H53N3O14S3. The Kier molecular flexibility index (Phi) is 15.7. The second-order valence-corrected chi connectivity index (χ2v) is 18.8. The molecule has 9 atom stereocenters. The summed E-state index contributed by atoms with van der Waals surface area (Å²) in [7, 11) is -4.11. The van der Waals surface area contributed by atoms with Gasteiger partial charge in [0.15, 0.2) is 16.1 Å². The molecule has 0 aromatic heterocycles. The Morgan fingerprint density at radius 1 is 1.03 bits per heavy atom. The SMILES string of the molecule is CCCC[C@]1(CC)CS(=O)(=O)c2ccc(N(C)C)cc2[C@H](c2cccc(NC(=O)N[C@@H]3O[C@H](COS(=O)(=O)O)[C@@H](OS(=O)OC)[C@H](OCc4ccccc4)[C@H]3O)c2)[C@@H]1O. The molecule has 1 unspecified atom stereocenters. The number of benzene rings is 3. The van der Waals surface area contributed by atoms with Gasteiger partial charge in [0.25, 0.3) is 0 Å². The first-order chi connectivity index (χ1) is 27.9. The average Bonchev–Trinajstić information content (AvgIpc) is 3.26. The fourth-order valence-electron chi connectivity index (χ4n) is 7.65. The lowest BCUT2D eigenvalue weighted by atomic mass is 9.69. The molecule has 0 bridgehead atoms. The molecule has 2 heterocycles. The van der Waals surface area contributed by atoms with Crippen molar-refractivity contribution in [1.82, 2.24) is 5.32 Å². The van der Waals surface area contributed by atoms with Crippen LogP contribution >= 0.6 is 0 Å². The van der Waals surface area contributed by atoms with E-state index in [1.807, 2.05) is 32.8 Å². The number of aliphatic hydroxyl groups is 2. The van der Waals surface area contributed by atoms with Gasteiger partial charge in [-0.15, -0.1) is 0 Å². The second-order valence-electron chi connectivity index (χ2n) is 14.8. The van der Waals surface area contributed by atoms with Crippen LogP contribution in [0.4, 0.5) is 16.2 Å². The van der Waals surface area contributed by atoms with Crippen LogP contribution in [0.5, 0.6) is 0 Å². The minimum atomic E-state index is -5.01. The molecule has 5 N–H and O–H groups in total. The first-order valence-electron chi connectivity index (χ1n) is 19.1. The zero-order valence-corrected chi connectivity index (χ0v) is 35.9. The van der Waals surface area contributed by atoms with Crippen LogP contribution in [0.1, 0.15) is 62.1 Å². The largest absolute Gasteiger partial charge is 0.397 e. The van der Waals surface area contributed by atoms with Crippen molar-refractivity contribution in [2.24, 2.45) is 5.41 Å². The van der Waals surface area contributed by atoms with E-state index in [4.69, 9.17) is 17.8 Å². The summed E-state index contributed by atoms with van der Waals surface area (Å²) in [5, 5.41) is 29.1. The third-order valence-corrected chi connectivity index (χ3v) is 13.8. The van der Waals surface area contributed by atoms with Gasteiger partial charge in [0, 0.05) is 36.8 Å². The van der Waals surface area contributed by atoms with Gasteiger partial charge < -0.3 is 35.2 Å². The highest BCUT2D eigenvalue weighted by Crippen LogP contribution is 2.49. The predicted molar refractivity (Wildman–Crippen MR) is 219 cm³/mol. The number of fused-ring (bicyclic) bond motifs is 1. The summed E-state index contributed by atoms with van der Waals surface area (Å²) >= 11 is -2.43. The van der Waals surface area contributed by atoms with Crippen LogP contribution < -0.4 is 15.5 Å². The molecule has 1 fully saturated rings. The van der Waals surface area contributed by atoms with Crippen molar-refractivity contribution >= 4 is 49.0 Å². The Labute approximate surface area is 348 Å². The number of nitrogens with zero attached hydrogens (tertiary/aromatic N) is 1. The Morgan fingerprint density at radius 2 is 1.76 bits per heavy atom. The van der Waals surface area contributed by atoms with E-state index in [0.29, 0.717) is 36.0 Å². The number of hydrogen-bond donors (Lipinski definition) is 5. The number of sulfone groups is 1. The number of aliphatic hydroxyl groups excluding tert-OH is 2. The minimum absolute atomic E-state index is 0.106. The molecule has 5 rings (SSSR count). The number of hydrogen-bond acceptors (Lipinski definition) is 14. The third kappa shape index (κ3) is 11.4. The van der Waals surface area contributed by atoms with E-state index in [9.17, 15) is 40.6 Å². The zero-order valence-electron chi connectivity index (χ0n) is 33.4. The van der Waals surface area contributed by atoms with E-state index in [2.05, 4.69) is 14.8 Å². The number of carbonyl (C=O) groups excluding carboxylic acids is 1. The van der Waals surface area contributed by atoms with Gasteiger partial charge in [-0.05, 0) is 59.9 Å². The molecule has 2 aliphatic rings. The summed E-state index contributed by atoms with van der Waals surface area (Å²) in [6, 6.07) is 19.6. The van der Waals surface area contributed by atoms with Gasteiger partial charge in [-0.2, -0.15) is 12.6 Å². The highest BCUT2D eigenvalue weighted by Gasteiger charge is 2.50. The molecule has 0 spiro atoms. The Morgan fingerprint density at radius 3 is 2.41 bits per heavy atom. The normalized spacial score (nSPS) is 27.2. The second kappa shape index (κ2) is 19.9. The lowest BCUT2D eigenvalue weighted by Crippen LogP contribution is -2.65. The van der Waals surface area contributed by atoms with Gasteiger partial charge >= 0.3 is 27.8 Å².